The molecule has 0 bridgehead atoms. The first-order valence-electron chi connectivity index (χ1n) is 6.64. The molecule has 2 aromatic rings. The molecule has 0 aromatic heterocycles. The molecule has 0 atom stereocenters. The number of hydrogen-bond acceptors (Lipinski definition) is 3. The van der Waals surface area contributed by atoms with Crippen LogP contribution in [0.4, 0.5) is 0 Å². The van der Waals surface area contributed by atoms with Gasteiger partial charge in [-0.2, -0.15) is 0 Å². The van der Waals surface area contributed by atoms with Gasteiger partial charge in [0, 0.05) is 27.0 Å². The van der Waals surface area contributed by atoms with Crippen molar-refractivity contribution in [2.45, 2.75) is 19.6 Å². The molecule has 1 N–H and O–H groups in total. The number of aliphatic hydroxyl groups is 1. The van der Waals surface area contributed by atoms with E-state index >= 15 is 0 Å². The zero-order valence-electron chi connectivity index (χ0n) is 11.2. The van der Waals surface area contributed by atoms with Crippen molar-refractivity contribution in [1.29, 1.82) is 0 Å². The highest BCUT2D eigenvalue weighted by molar-refractivity contribution is 9.10. The van der Waals surface area contributed by atoms with E-state index in [0.717, 1.165) is 22.2 Å². The number of halogens is 2. The minimum atomic E-state index is -0.151. The van der Waals surface area contributed by atoms with Gasteiger partial charge in [-0.15, -0.1) is 0 Å². The summed E-state index contributed by atoms with van der Waals surface area (Å²) in [7, 11) is 0. The maximum atomic E-state index is 9.40. The molecule has 110 valence electrons. The highest BCUT2D eigenvalue weighted by Gasteiger charge is 2.18. The highest BCUT2D eigenvalue weighted by atomic mass is 79.9. The predicted molar refractivity (Wildman–Crippen MR) is 85.0 cm³/mol. The number of aliphatic hydroxyl groups excluding tert-OH is 1. The summed E-state index contributed by atoms with van der Waals surface area (Å²) in [5.74, 6) is 1.50. The third kappa shape index (κ3) is 3.03. The smallest absolute Gasteiger partial charge is 0.129 e. The molecule has 0 radical (unpaired) electrons. The molecule has 1 aliphatic rings. The van der Waals surface area contributed by atoms with E-state index in [4.69, 9.17) is 21.1 Å². The van der Waals surface area contributed by atoms with Gasteiger partial charge in [0.25, 0.3) is 0 Å². The summed E-state index contributed by atoms with van der Waals surface area (Å²) in [6.07, 6.45) is 0.917. The molecule has 2 aromatic carbocycles. The van der Waals surface area contributed by atoms with Crippen LogP contribution in [0.5, 0.6) is 11.5 Å². The molecule has 0 amide bonds. The molecule has 0 aliphatic carbocycles. The standard InChI is InChI=1S/C16H14BrClO3/c17-12-6-10-4-5-20-16(10)11(7-12)9-21-15-3-1-2-14(18)13(15)8-19/h1-3,6-7,19H,4-5,8-9H2. The van der Waals surface area contributed by atoms with Gasteiger partial charge in [0.1, 0.15) is 18.1 Å². The Balaban J connectivity index is 1.85. The Kier molecular flexibility index (Phi) is 4.38. The lowest BCUT2D eigenvalue weighted by atomic mass is 10.1. The van der Waals surface area contributed by atoms with Crippen molar-refractivity contribution in [3.05, 3.63) is 56.5 Å². The first kappa shape index (κ1) is 14.7. The summed E-state index contributed by atoms with van der Waals surface area (Å²) in [6.45, 7) is 0.926. The van der Waals surface area contributed by atoms with E-state index in [1.54, 1.807) is 18.2 Å². The lowest BCUT2D eigenvalue weighted by Crippen LogP contribution is -2.01. The van der Waals surface area contributed by atoms with E-state index in [-0.39, 0.29) is 6.61 Å². The zero-order chi connectivity index (χ0) is 14.8. The monoisotopic (exact) mass is 368 g/mol. The van der Waals surface area contributed by atoms with E-state index in [9.17, 15) is 5.11 Å². The van der Waals surface area contributed by atoms with Crippen molar-refractivity contribution in [2.24, 2.45) is 0 Å². The topological polar surface area (TPSA) is 38.7 Å². The van der Waals surface area contributed by atoms with Crippen LogP contribution in [-0.2, 0) is 19.6 Å². The Bertz CT molecular complexity index is 673. The number of benzene rings is 2. The van der Waals surface area contributed by atoms with E-state index in [2.05, 4.69) is 22.0 Å². The Morgan fingerprint density at radius 1 is 1.33 bits per heavy atom. The van der Waals surface area contributed by atoms with Crippen molar-refractivity contribution < 1.29 is 14.6 Å². The van der Waals surface area contributed by atoms with E-state index < -0.39 is 0 Å². The maximum absolute atomic E-state index is 9.40. The van der Waals surface area contributed by atoms with E-state index in [1.807, 2.05) is 6.07 Å². The second-order valence-corrected chi connectivity index (χ2v) is 6.14. The van der Waals surface area contributed by atoms with Gasteiger partial charge in [-0.05, 0) is 29.8 Å². The summed E-state index contributed by atoms with van der Waals surface area (Å²) in [4.78, 5) is 0. The Labute approximate surface area is 136 Å². The minimum Gasteiger partial charge on any atom is -0.493 e. The van der Waals surface area contributed by atoms with Crippen molar-refractivity contribution in [2.75, 3.05) is 6.61 Å². The number of ether oxygens (including phenoxy) is 2. The summed E-state index contributed by atoms with van der Waals surface area (Å²) < 4.78 is 12.5. The third-order valence-electron chi connectivity index (χ3n) is 3.44. The molecule has 3 nitrogen and oxygen atoms in total. The molecule has 1 aliphatic heterocycles. The number of rotatable bonds is 4. The minimum absolute atomic E-state index is 0.151. The van der Waals surface area contributed by atoms with Crippen molar-refractivity contribution in [3.63, 3.8) is 0 Å². The van der Waals surface area contributed by atoms with Crippen LogP contribution < -0.4 is 9.47 Å². The number of fused-ring (bicyclic) bond motifs is 1. The van der Waals surface area contributed by atoms with Gasteiger partial charge < -0.3 is 14.6 Å². The third-order valence-corrected chi connectivity index (χ3v) is 4.25. The molecule has 0 unspecified atom stereocenters. The molecule has 1 heterocycles. The molecule has 3 rings (SSSR count). The molecule has 0 saturated carbocycles. The lowest BCUT2D eigenvalue weighted by Gasteiger charge is -2.13. The second-order valence-electron chi connectivity index (χ2n) is 4.81. The Morgan fingerprint density at radius 2 is 2.19 bits per heavy atom. The fourth-order valence-corrected chi connectivity index (χ4v) is 3.21. The van der Waals surface area contributed by atoms with Crippen LogP contribution in [0.15, 0.2) is 34.8 Å². The molecule has 5 heteroatoms. The van der Waals surface area contributed by atoms with Crippen LogP contribution in [0, 0.1) is 0 Å². The average molecular weight is 370 g/mol. The molecule has 0 fully saturated rings. The largest absolute Gasteiger partial charge is 0.493 e. The normalized spacial score (nSPS) is 12.9. The highest BCUT2D eigenvalue weighted by Crippen LogP contribution is 2.34. The molecular formula is C16H14BrClO3. The van der Waals surface area contributed by atoms with Crippen LogP contribution >= 0.6 is 27.5 Å². The number of hydrogen-bond donors (Lipinski definition) is 1. The van der Waals surface area contributed by atoms with Crippen LogP contribution in [-0.4, -0.2) is 11.7 Å². The van der Waals surface area contributed by atoms with Gasteiger partial charge in [-0.3, -0.25) is 0 Å². The average Bonchev–Trinajstić information content (AvgIpc) is 2.93. The van der Waals surface area contributed by atoms with Crippen molar-refractivity contribution in [3.8, 4) is 11.5 Å². The Hall–Kier alpha value is -1.23. The maximum Gasteiger partial charge on any atom is 0.129 e. The quantitative estimate of drug-likeness (QED) is 0.881. The summed E-state index contributed by atoms with van der Waals surface area (Å²) in [5, 5.41) is 9.90. The summed E-state index contributed by atoms with van der Waals surface area (Å²) in [6, 6.07) is 9.41. The van der Waals surface area contributed by atoms with Crippen LogP contribution in [0.1, 0.15) is 16.7 Å². The summed E-state index contributed by atoms with van der Waals surface area (Å²) >= 11 is 9.57. The van der Waals surface area contributed by atoms with Crippen molar-refractivity contribution >= 4 is 27.5 Å². The predicted octanol–water partition coefficient (Wildman–Crippen LogP) is 4.11. The van der Waals surface area contributed by atoms with Crippen LogP contribution in [0.2, 0.25) is 5.02 Å². The van der Waals surface area contributed by atoms with Gasteiger partial charge in [0.05, 0.1) is 13.2 Å². The second kappa shape index (κ2) is 6.26. The molecule has 0 spiro atoms. The van der Waals surface area contributed by atoms with Crippen LogP contribution in [0.3, 0.4) is 0 Å². The van der Waals surface area contributed by atoms with Crippen LogP contribution in [0.25, 0.3) is 0 Å². The first-order valence-corrected chi connectivity index (χ1v) is 7.81. The van der Waals surface area contributed by atoms with Gasteiger partial charge in [-0.1, -0.05) is 33.6 Å². The molecular weight excluding hydrogens is 356 g/mol. The van der Waals surface area contributed by atoms with Gasteiger partial charge in [0.2, 0.25) is 0 Å². The van der Waals surface area contributed by atoms with Crippen molar-refractivity contribution in [1.82, 2.24) is 0 Å². The van der Waals surface area contributed by atoms with E-state index in [1.165, 1.54) is 5.56 Å². The van der Waals surface area contributed by atoms with Gasteiger partial charge in [-0.25, -0.2) is 0 Å². The lowest BCUT2D eigenvalue weighted by molar-refractivity contribution is 0.256. The Morgan fingerprint density at radius 3 is 3.00 bits per heavy atom. The fraction of sp³-hybridized carbons (Fsp3) is 0.250. The first-order chi connectivity index (χ1) is 10.2. The summed E-state index contributed by atoms with van der Waals surface area (Å²) in [5.41, 5.74) is 2.78. The SMILES string of the molecule is OCc1c(Cl)cccc1OCc1cc(Br)cc2c1OCC2. The molecule has 0 saturated heterocycles. The van der Waals surface area contributed by atoms with Gasteiger partial charge in [0.15, 0.2) is 0 Å². The van der Waals surface area contributed by atoms with Gasteiger partial charge >= 0.3 is 0 Å². The van der Waals surface area contributed by atoms with E-state index in [0.29, 0.717) is 29.5 Å². The fourth-order valence-electron chi connectivity index (χ4n) is 2.44. The molecule has 21 heavy (non-hydrogen) atoms. The zero-order valence-corrected chi connectivity index (χ0v) is 13.6.